The normalized spacial score (nSPS) is 15.7. The van der Waals surface area contributed by atoms with E-state index in [2.05, 4.69) is 34.5 Å². The number of carbonyl (C=O) groups is 1. The summed E-state index contributed by atoms with van der Waals surface area (Å²) in [5, 5.41) is 2.93. The molecule has 0 fully saturated rings. The van der Waals surface area contributed by atoms with Gasteiger partial charge in [-0.2, -0.15) is 0 Å². The summed E-state index contributed by atoms with van der Waals surface area (Å²) in [6, 6.07) is 8.23. The lowest BCUT2D eigenvalue weighted by molar-refractivity contribution is -0.122. The minimum Gasteiger partial charge on any atom is -0.353 e. The maximum atomic E-state index is 11.7. The molecule has 3 N–H and O–H groups in total. The summed E-state index contributed by atoms with van der Waals surface area (Å²) in [6.07, 6.45) is 2.79. The van der Waals surface area contributed by atoms with Crippen LogP contribution in [0.2, 0.25) is 0 Å². The third kappa shape index (κ3) is 5.30. The lowest BCUT2D eigenvalue weighted by Gasteiger charge is -2.28. The average molecular weight is 312 g/mol. The van der Waals surface area contributed by atoms with E-state index in [-0.39, 0.29) is 24.4 Å². The summed E-state index contributed by atoms with van der Waals surface area (Å²) < 4.78 is 0. The number of fused-ring (bicyclic) bond motifs is 1. The highest BCUT2D eigenvalue weighted by Crippen LogP contribution is 2.17. The summed E-state index contributed by atoms with van der Waals surface area (Å²) in [5.74, 6) is -0.0238. The van der Waals surface area contributed by atoms with Crippen molar-refractivity contribution in [3.05, 3.63) is 35.4 Å². The van der Waals surface area contributed by atoms with Gasteiger partial charge in [-0.05, 0) is 24.0 Å². The summed E-state index contributed by atoms with van der Waals surface area (Å²) in [6.45, 7) is 5.65. The predicted octanol–water partition coefficient (Wildman–Crippen LogP) is 1.71. The minimum absolute atomic E-state index is 0. The maximum absolute atomic E-state index is 11.7. The molecule has 1 aliphatic rings. The molecule has 1 aromatic carbocycles. The molecule has 1 unspecified atom stereocenters. The highest BCUT2D eigenvalue weighted by molar-refractivity contribution is 5.85. The molecule has 5 heteroatoms. The van der Waals surface area contributed by atoms with Gasteiger partial charge in [0, 0.05) is 26.2 Å². The molecule has 0 bridgehead atoms. The van der Waals surface area contributed by atoms with E-state index in [1.165, 1.54) is 11.1 Å². The van der Waals surface area contributed by atoms with E-state index < -0.39 is 0 Å². The van der Waals surface area contributed by atoms with Crippen molar-refractivity contribution in [1.82, 2.24) is 10.2 Å². The van der Waals surface area contributed by atoms with Crippen LogP contribution in [0.15, 0.2) is 24.3 Å². The number of hydrogen-bond donors (Lipinski definition) is 2. The molecule has 4 nitrogen and oxygen atoms in total. The van der Waals surface area contributed by atoms with Gasteiger partial charge in [-0.3, -0.25) is 9.69 Å². The summed E-state index contributed by atoms with van der Waals surface area (Å²) in [7, 11) is 0. The van der Waals surface area contributed by atoms with Gasteiger partial charge in [0.25, 0.3) is 0 Å². The number of hydrogen-bond acceptors (Lipinski definition) is 3. The van der Waals surface area contributed by atoms with E-state index in [4.69, 9.17) is 5.73 Å². The van der Waals surface area contributed by atoms with Crippen LogP contribution >= 0.6 is 12.4 Å². The zero-order valence-electron chi connectivity index (χ0n) is 12.7. The van der Waals surface area contributed by atoms with Crippen molar-refractivity contribution in [1.29, 1.82) is 0 Å². The van der Waals surface area contributed by atoms with Crippen LogP contribution in [-0.2, 0) is 17.8 Å². The van der Waals surface area contributed by atoms with Crippen molar-refractivity contribution in [3.8, 4) is 0 Å². The molecule has 0 spiro atoms. The zero-order chi connectivity index (χ0) is 14.4. The smallest absolute Gasteiger partial charge is 0.236 e. The topological polar surface area (TPSA) is 58.4 Å². The second-order valence-corrected chi connectivity index (χ2v) is 5.48. The van der Waals surface area contributed by atoms with Crippen molar-refractivity contribution in [3.63, 3.8) is 0 Å². The average Bonchev–Trinajstić information content (AvgIpc) is 2.47. The third-order valence-corrected chi connectivity index (χ3v) is 3.87. The molecule has 0 radical (unpaired) electrons. The van der Waals surface area contributed by atoms with Gasteiger partial charge in [-0.1, -0.05) is 37.6 Å². The van der Waals surface area contributed by atoms with Crippen LogP contribution in [0.3, 0.4) is 0 Å². The molecule has 0 aliphatic carbocycles. The number of rotatable bonds is 6. The molecule has 0 saturated carbocycles. The Labute approximate surface area is 133 Å². The maximum Gasteiger partial charge on any atom is 0.236 e. The Morgan fingerprint density at radius 3 is 2.81 bits per heavy atom. The molecule has 1 aliphatic heterocycles. The molecule has 2 rings (SSSR count). The lowest BCUT2D eigenvalue weighted by atomic mass is 10.00. The molecule has 1 heterocycles. The van der Waals surface area contributed by atoms with E-state index in [1.54, 1.807) is 0 Å². The molecule has 1 aromatic rings. The second kappa shape index (κ2) is 9.03. The predicted molar refractivity (Wildman–Crippen MR) is 88.6 cm³/mol. The molecule has 118 valence electrons. The molecule has 0 saturated heterocycles. The molecular weight excluding hydrogens is 286 g/mol. The fourth-order valence-corrected chi connectivity index (χ4v) is 2.66. The Morgan fingerprint density at radius 1 is 1.38 bits per heavy atom. The Bertz CT molecular complexity index is 453. The standard InChI is InChI=1S/C16H25N3O.ClH/c1-2-5-15(17)16(20)18-9-11-19-10-8-13-6-3-4-7-14(13)12-19;/h3-4,6-7,15H,2,5,8-12,17H2,1H3,(H,18,20);1H. The van der Waals surface area contributed by atoms with Gasteiger partial charge in [0.1, 0.15) is 0 Å². The SMILES string of the molecule is CCCC(N)C(=O)NCCN1CCc2ccccc2C1.Cl. The van der Waals surface area contributed by atoms with Gasteiger partial charge in [-0.25, -0.2) is 0 Å². The lowest BCUT2D eigenvalue weighted by Crippen LogP contribution is -2.44. The van der Waals surface area contributed by atoms with Crippen LogP contribution < -0.4 is 11.1 Å². The quantitative estimate of drug-likeness (QED) is 0.841. The van der Waals surface area contributed by atoms with Gasteiger partial charge >= 0.3 is 0 Å². The Kier molecular flexibility index (Phi) is 7.72. The van der Waals surface area contributed by atoms with Crippen molar-refractivity contribution >= 4 is 18.3 Å². The first-order valence-corrected chi connectivity index (χ1v) is 7.53. The van der Waals surface area contributed by atoms with Gasteiger partial charge in [0.15, 0.2) is 0 Å². The first-order valence-electron chi connectivity index (χ1n) is 7.53. The summed E-state index contributed by atoms with van der Waals surface area (Å²) in [4.78, 5) is 14.1. The number of nitrogens with zero attached hydrogens (tertiary/aromatic N) is 1. The highest BCUT2D eigenvalue weighted by Gasteiger charge is 2.16. The summed E-state index contributed by atoms with van der Waals surface area (Å²) >= 11 is 0. The fourth-order valence-electron chi connectivity index (χ4n) is 2.66. The van der Waals surface area contributed by atoms with Crippen molar-refractivity contribution in [2.75, 3.05) is 19.6 Å². The number of nitrogens with two attached hydrogens (primary N) is 1. The molecular formula is C16H26ClN3O. The van der Waals surface area contributed by atoms with E-state index in [0.29, 0.717) is 6.54 Å². The van der Waals surface area contributed by atoms with Gasteiger partial charge in [0.2, 0.25) is 5.91 Å². The van der Waals surface area contributed by atoms with Crippen LogP contribution in [0.5, 0.6) is 0 Å². The van der Waals surface area contributed by atoms with E-state index in [9.17, 15) is 4.79 Å². The molecule has 1 amide bonds. The van der Waals surface area contributed by atoms with Crippen LogP contribution in [0.1, 0.15) is 30.9 Å². The van der Waals surface area contributed by atoms with E-state index in [0.717, 1.165) is 38.9 Å². The minimum atomic E-state index is -0.359. The number of benzene rings is 1. The number of nitrogens with one attached hydrogen (secondary N) is 1. The largest absolute Gasteiger partial charge is 0.353 e. The van der Waals surface area contributed by atoms with Crippen LogP contribution in [0.4, 0.5) is 0 Å². The van der Waals surface area contributed by atoms with E-state index in [1.807, 2.05) is 6.92 Å². The molecule has 1 atom stereocenters. The van der Waals surface area contributed by atoms with Crippen molar-refractivity contribution < 1.29 is 4.79 Å². The number of amides is 1. The Hall–Kier alpha value is -1.10. The second-order valence-electron chi connectivity index (χ2n) is 5.48. The van der Waals surface area contributed by atoms with E-state index >= 15 is 0 Å². The Morgan fingerprint density at radius 2 is 2.10 bits per heavy atom. The van der Waals surface area contributed by atoms with Crippen molar-refractivity contribution in [2.45, 2.75) is 38.8 Å². The fraction of sp³-hybridized carbons (Fsp3) is 0.562. The Balaban J connectivity index is 0.00000220. The molecule has 0 aromatic heterocycles. The highest BCUT2D eigenvalue weighted by atomic mass is 35.5. The van der Waals surface area contributed by atoms with Gasteiger partial charge in [0.05, 0.1) is 6.04 Å². The summed E-state index contributed by atoms with van der Waals surface area (Å²) in [5.41, 5.74) is 8.65. The third-order valence-electron chi connectivity index (χ3n) is 3.87. The van der Waals surface area contributed by atoms with Crippen LogP contribution in [0.25, 0.3) is 0 Å². The molecule has 21 heavy (non-hydrogen) atoms. The van der Waals surface area contributed by atoms with Crippen molar-refractivity contribution in [2.24, 2.45) is 5.73 Å². The van der Waals surface area contributed by atoms with Crippen LogP contribution in [0, 0.1) is 0 Å². The first kappa shape index (κ1) is 18.0. The van der Waals surface area contributed by atoms with Gasteiger partial charge < -0.3 is 11.1 Å². The van der Waals surface area contributed by atoms with Crippen LogP contribution in [-0.4, -0.2) is 36.5 Å². The first-order chi connectivity index (χ1) is 9.70. The van der Waals surface area contributed by atoms with Gasteiger partial charge in [-0.15, -0.1) is 12.4 Å². The zero-order valence-corrected chi connectivity index (χ0v) is 13.5. The number of halogens is 1. The number of carbonyl (C=O) groups excluding carboxylic acids is 1. The monoisotopic (exact) mass is 311 g/mol.